The maximum atomic E-state index is 11.1. The Bertz CT molecular complexity index is 481. The van der Waals surface area contributed by atoms with Crippen LogP contribution < -0.4 is 0 Å². The molecule has 1 aliphatic rings. The topological polar surface area (TPSA) is 61.8 Å². The molecule has 0 amide bonds. The molecular formula is C15H22O5Si. The van der Waals surface area contributed by atoms with Gasteiger partial charge in [0.15, 0.2) is 0 Å². The Balaban J connectivity index is 2.79. The number of hydrogen-bond acceptors (Lipinski definition) is 5. The van der Waals surface area contributed by atoms with Crippen LogP contribution in [0.25, 0.3) is 0 Å². The molecule has 1 heterocycles. The van der Waals surface area contributed by atoms with Gasteiger partial charge in [-0.2, -0.15) is 0 Å². The van der Waals surface area contributed by atoms with E-state index in [4.69, 9.17) is 14.2 Å². The van der Waals surface area contributed by atoms with E-state index in [1.807, 2.05) is 0 Å². The molecule has 1 unspecified atom stereocenters. The second kappa shape index (κ2) is 7.43. The Kier molecular flexibility index (Phi) is 6.18. The molecule has 0 aromatic heterocycles. The predicted octanol–water partition coefficient (Wildman–Crippen LogP) is 1.69. The quantitative estimate of drug-likeness (QED) is 0.343. The fourth-order valence-corrected chi connectivity index (χ4v) is 2.23. The first kappa shape index (κ1) is 17.5. The van der Waals surface area contributed by atoms with Crippen LogP contribution in [0, 0.1) is 11.5 Å². The highest BCUT2D eigenvalue weighted by molar-refractivity contribution is 6.83. The maximum absolute atomic E-state index is 11.1. The van der Waals surface area contributed by atoms with E-state index in [-0.39, 0.29) is 12.7 Å². The van der Waals surface area contributed by atoms with Gasteiger partial charge in [0, 0.05) is 13.8 Å². The smallest absolute Gasteiger partial charge is 0.303 e. The van der Waals surface area contributed by atoms with Crippen LogP contribution in [0.15, 0.2) is 12.2 Å². The molecule has 0 aliphatic carbocycles. The van der Waals surface area contributed by atoms with Gasteiger partial charge in [0.05, 0.1) is 0 Å². The fraction of sp³-hybridized carbons (Fsp3) is 0.600. The van der Waals surface area contributed by atoms with E-state index in [9.17, 15) is 9.59 Å². The first-order chi connectivity index (χ1) is 9.67. The summed E-state index contributed by atoms with van der Waals surface area (Å²) in [6.45, 7) is 9.11. The third kappa shape index (κ3) is 7.11. The zero-order chi connectivity index (χ0) is 16.0. The molecule has 0 N–H and O–H groups in total. The van der Waals surface area contributed by atoms with Crippen molar-refractivity contribution < 1.29 is 23.8 Å². The Hall–Kier alpha value is -1.58. The van der Waals surface area contributed by atoms with E-state index in [0.717, 1.165) is 0 Å². The first-order valence-electron chi connectivity index (χ1n) is 6.84. The average molecular weight is 310 g/mol. The van der Waals surface area contributed by atoms with Gasteiger partial charge >= 0.3 is 11.9 Å². The van der Waals surface area contributed by atoms with Crippen molar-refractivity contribution >= 4 is 20.0 Å². The minimum atomic E-state index is -1.49. The number of esters is 2. The molecule has 0 saturated heterocycles. The van der Waals surface area contributed by atoms with E-state index < -0.39 is 32.2 Å². The highest BCUT2D eigenvalue weighted by Gasteiger charge is 2.30. The third-order valence-electron chi connectivity index (χ3n) is 2.51. The lowest BCUT2D eigenvalue weighted by molar-refractivity contribution is -0.161. The van der Waals surface area contributed by atoms with Gasteiger partial charge in [-0.1, -0.05) is 25.6 Å². The highest BCUT2D eigenvalue weighted by Crippen LogP contribution is 2.17. The van der Waals surface area contributed by atoms with Gasteiger partial charge < -0.3 is 14.2 Å². The standard InChI is InChI=1S/C15H22O5Si/c1-11(16)18-10-15-14(19-12(2)17)7-6-13(20-15)8-9-21(3,4)5/h6-7,13-15H,10H2,1-5H3/t13-,14-,15?/m0/s1. The SMILES string of the molecule is CC(=O)OCC1O[C@H](C#C[Si](C)(C)C)C=C[C@@H]1OC(C)=O. The summed E-state index contributed by atoms with van der Waals surface area (Å²) in [5.74, 6) is 2.26. The lowest BCUT2D eigenvalue weighted by Crippen LogP contribution is -2.41. The Morgan fingerprint density at radius 2 is 1.86 bits per heavy atom. The van der Waals surface area contributed by atoms with Crippen LogP contribution in [0.3, 0.4) is 0 Å². The fourth-order valence-electron chi connectivity index (χ4n) is 1.66. The molecule has 6 heteroatoms. The molecule has 0 aromatic rings. The second-order valence-electron chi connectivity index (χ2n) is 5.88. The Morgan fingerprint density at radius 3 is 2.38 bits per heavy atom. The average Bonchev–Trinajstić information content (AvgIpc) is 2.34. The summed E-state index contributed by atoms with van der Waals surface area (Å²) >= 11 is 0. The summed E-state index contributed by atoms with van der Waals surface area (Å²) in [4.78, 5) is 22.0. The molecular weight excluding hydrogens is 288 g/mol. The molecule has 0 radical (unpaired) electrons. The molecule has 5 nitrogen and oxygen atoms in total. The monoisotopic (exact) mass is 310 g/mol. The van der Waals surface area contributed by atoms with Crippen LogP contribution in [0.5, 0.6) is 0 Å². The first-order valence-corrected chi connectivity index (χ1v) is 10.3. The van der Waals surface area contributed by atoms with Gasteiger partial charge in [0.2, 0.25) is 0 Å². The molecule has 1 aliphatic heterocycles. The summed E-state index contributed by atoms with van der Waals surface area (Å²) in [5.41, 5.74) is 3.23. The minimum absolute atomic E-state index is 0.0305. The van der Waals surface area contributed by atoms with Crippen molar-refractivity contribution in [3.05, 3.63) is 12.2 Å². The lowest BCUT2D eigenvalue weighted by atomic mass is 10.1. The molecule has 0 saturated carbocycles. The van der Waals surface area contributed by atoms with Gasteiger partial charge in [-0.15, -0.1) is 5.54 Å². The maximum Gasteiger partial charge on any atom is 0.303 e. The Morgan fingerprint density at radius 1 is 1.19 bits per heavy atom. The van der Waals surface area contributed by atoms with Gasteiger partial charge in [-0.3, -0.25) is 9.59 Å². The van der Waals surface area contributed by atoms with E-state index in [0.29, 0.717) is 0 Å². The normalized spacial score (nSPS) is 24.7. The van der Waals surface area contributed by atoms with Crippen LogP contribution in [-0.4, -0.2) is 44.9 Å². The van der Waals surface area contributed by atoms with E-state index in [1.165, 1.54) is 13.8 Å². The molecule has 0 fully saturated rings. The number of rotatable bonds is 3. The zero-order valence-electron chi connectivity index (χ0n) is 13.1. The van der Waals surface area contributed by atoms with E-state index in [2.05, 4.69) is 31.1 Å². The van der Waals surface area contributed by atoms with Gasteiger partial charge in [0.1, 0.15) is 33.0 Å². The van der Waals surface area contributed by atoms with Gasteiger partial charge in [-0.25, -0.2) is 0 Å². The molecule has 21 heavy (non-hydrogen) atoms. The van der Waals surface area contributed by atoms with Gasteiger partial charge in [0.25, 0.3) is 0 Å². The summed E-state index contributed by atoms with van der Waals surface area (Å²) in [6.07, 6.45) is 2.03. The molecule has 3 atom stereocenters. The van der Waals surface area contributed by atoms with E-state index >= 15 is 0 Å². The minimum Gasteiger partial charge on any atom is -0.463 e. The Labute approximate surface area is 126 Å². The molecule has 1 rings (SSSR count). The van der Waals surface area contributed by atoms with Crippen molar-refractivity contribution in [2.24, 2.45) is 0 Å². The van der Waals surface area contributed by atoms with E-state index in [1.54, 1.807) is 12.2 Å². The lowest BCUT2D eigenvalue weighted by Gasteiger charge is -2.29. The summed E-state index contributed by atoms with van der Waals surface area (Å²) in [7, 11) is -1.49. The molecule has 0 aromatic carbocycles. The number of carbonyl (C=O) groups is 2. The van der Waals surface area contributed by atoms with Crippen LogP contribution in [0.4, 0.5) is 0 Å². The second-order valence-corrected chi connectivity index (χ2v) is 10.6. The molecule has 0 bridgehead atoms. The van der Waals surface area contributed by atoms with Crippen LogP contribution >= 0.6 is 0 Å². The third-order valence-corrected chi connectivity index (χ3v) is 3.40. The largest absolute Gasteiger partial charge is 0.463 e. The van der Waals surface area contributed by atoms with Crippen molar-refractivity contribution in [3.63, 3.8) is 0 Å². The van der Waals surface area contributed by atoms with Crippen LogP contribution in [-0.2, 0) is 23.8 Å². The number of hydrogen-bond donors (Lipinski definition) is 0. The number of carbonyl (C=O) groups excluding carboxylic acids is 2. The predicted molar refractivity (Wildman–Crippen MR) is 81.1 cm³/mol. The van der Waals surface area contributed by atoms with Crippen molar-refractivity contribution in [1.29, 1.82) is 0 Å². The highest BCUT2D eigenvalue weighted by atomic mass is 28.3. The molecule has 0 spiro atoms. The molecule has 116 valence electrons. The van der Waals surface area contributed by atoms with Gasteiger partial charge in [-0.05, 0) is 12.2 Å². The van der Waals surface area contributed by atoms with Crippen molar-refractivity contribution in [2.75, 3.05) is 6.61 Å². The summed E-state index contributed by atoms with van der Waals surface area (Å²) in [6, 6.07) is 0. The summed E-state index contributed by atoms with van der Waals surface area (Å²) in [5, 5.41) is 0. The summed E-state index contributed by atoms with van der Waals surface area (Å²) < 4.78 is 15.9. The zero-order valence-corrected chi connectivity index (χ0v) is 14.1. The van der Waals surface area contributed by atoms with Crippen LogP contribution in [0.2, 0.25) is 19.6 Å². The van der Waals surface area contributed by atoms with Crippen LogP contribution in [0.1, 0.15) is 13.8 Å². The van der Waals surface area contributed by atoms with Crippen molar-refractivity contribution in [3.8, 4) is 11.5 Å². The van der Waals surface area contributed by atoms with Crippen molar-refractivity contribution in [1.82, 2.24) is 0 Å². The van der Waals surface area contributed by atoms with Crippen molar-refractivity contribution in [2.45, 2.75) is 51.8 Å². The number of ether oxygens (including phenoxy) is 3.